The Morgan fingerprint density at radius 3 is 2.86 bits per heavy atom. The lowest BCUT2D eigenvalue weighted by atomic mass is 10.1. The lowest BCUT2D eigenvalue weighted by molar-refractivity contribution is 0.231. The highest BCUT2D eigenvalue weighted by atomic mass is 32.2. The van der Waals surface area contributed by atoms with Crippen molar-refractivity contribution in [2.45, 2.75) is 25.8 Å². The molecule has 21 heavy (non-hydrogen) atoms. The minimum absolute atomic E-state index is 0.0300. The molecule has 0 aliphatic heterocycles. The van der Waals surface area contributed by atoms with Crippen LogP contribution in [0.1, 0.15) is 17.5 Å². The minimum atomic E-state index is -0.245. The molecule has 0 fully saturated rings. The van der Waals surface area contributed by atoms with E-state index in [2.05, 4.69) is 10.6 Å². The molecule has 1 aromatic carbocycles. The summed E-state index contributed by atoms with van der Waals surface area (Å²) in [4.78, 5) is 11.8. The largest absolute Gasteiger partial charge is 0.396 e. The molecule has 0 radical (unpaired) electrons. The minimum Gasteiger partial charge on any atom is -0.396 e. The van der Waals surface area contributed by atoms with E-state index in [0.717, 1.165) is 16.9 Å². The summed E-state index contributed by atoms with van der Waals surface area (Å²) in [5.74, 6) is 0.524. The molecule has 0 saturated carbocycles. The van der Waals surface area contributed by atoms with Crippen molar-refractivity contribution in [3.8, 4) is 0 Å². The van der Waals surface area contributed by atoms with Crippen molar-refractivity contribution >= 4 is 17.8 Å². The van der Waals surface area contributed by atoms with Crippen molar-refractivity contribution in [1.82, 2.24) is 10.6 Å². The van der Waals surface area contributed by atoms with Gasteiger partial charge >= 0.3 is 6.03 Å². The maximum absolute atomic E-state index is 13.0. The molecule has 1 unspecified atom stereocenters. The lowest BCUT2D eigenvalue weighted by Crippen LogP contribution is -2.44. The Morgan fingerprint density at radius 1 is 1.48 bits per heavy atom. The number of aryl methyl sites for hydroxylation is 1. The number of carbonyl (C=O) groups is 1. The number of thioether (sulfide) groups is 1. The normalized spacial score (nSPS) is 12.0. The molecule has 1 atom stereocenters. The van der Waals surface area contributed by atoms with Gasteiger partial charge in [0, 0.05) is 24.9 Å². The van der Waals surface area contributed by atoms with Crippen molar-refractivity contribution in [2.24, 2.45) is 0 Å². The molecule has 0 spiro atoms. The third-order valence-corrected chi connectivity index (χ3v) is 3.90. The fourth-order valence-corrected chi connectivity index (χ4v) is 2.69. The van der Waals surface area contributed by atoms with E-state index in [1.807, 2.05) is 13.2 Å². The highest BCUT2D eigenvalue weighted by Gasteiger charge is 2.10. The van der Waals surface area contributed by atoms with Gasteiger partial charge in [-0.25, -0.2) is 9.18 Å². The predicted octanol–water partition coefficient (Wildman–Crippen LogP) is 2.09. The zero-order chi connectivity index (χ0) is 15.7. The van der Waals surface area contributed by atoms with Crippen molar-refractivity contribution in [3.05, 3.63) is 35.1 Å². The van der Waals surface area contributed by atoms with Crippen LogP contribution in [0.3, 0.4) is 0 Å². The second-order valence-electron chi connectivity index (χ2n) is 4.89. The van der Waals surface area contributed by atoms with E-state index in [9.17, 15) is 9.18 Å². The molecule has 0 saturated heterocycles. The molecule has 1 aromatic rings. The van der Waals surface area contributed by atoms with Gasteiger partial charge in [0.15, 0.2) is 0 Å². The van der Waals surface area contributed by atoms with E-state index in [1.165, 1.54) is 12.1 Å². The predicted molar refractivity (Wildman–Crippen MR) is 85.2 cm³/mol. The molecule has 4 nitrogen and oxygen atoms in total. The molecular formula is C15H23FN2O2S. The van der Waals surface area contributed by atoms with Gasteiger partial charge in [-0.2, -0.15) is 11.8 Å². The van der Waals surface area contributed by atoms with Crippen LogP contribution in [0.2, 0.25) is 0 Å². The first-order valence-electron chi connectivity index (χ1n) is 6.96. The van der Waals surface area contributed by atoms with Crippen LogP contribution >= 0.6 is 11.8 Å². The summed E-state index contributed by atoms with van der Waals surface area (Å²) in [5.41, 5.74) is 1.91. The number of hydrogen-bond donors (Lipinski definition) is 3. The Kier molecular flexibility index (Phi) is 8.15. The summed E-state index contributed by atoms with van der Waals surface area (Å²) in [6, 6.07) is 4.40. The second-order valence-corrected chi connectivity index (χ2v) is 5.80. The SMILES string of the molecule is CSCC(CCO)NC(=O)NCCc1ccc(F)cc1C. The van der Waals surface area contributed by atoms with E-state index in [4.69, 9.17) is 5.11 Å². The Morgan fingerprint density at radius 2 is 2.24 bits per heavy atom. The van der Waals surface area contributed by atoms with Crippen molar-refractivity contribution in [1.29, 1.82) is 0 Å². The topological polar surface area (TPSA) is 61.4 Å². The number of amides is 2. The first-order valence-corrected chi connectivity index (χ1v) is 8.35. The van der Waals surface area contributed by atoms with Crippen molar-refractivity contribution < 1.29 is 14.3 Å². The number of halogens is 1. The van der Waals surface area contributed by atoms with Crippen LogP contribution in [-0.4, -0.2) is 42.3 Å². The molecular weight excluding hydrogens is 291 g/mol. The average molecular weight is 314 g/mol. The summed E-state index contributed by atoms with van der Waals surface area (Å²) < 4.78 is 13.0. The number of nitrogens with one attached hydrogen (secondary N) is 2. The van der Waals surface area contributed by atoms with E-state index in [1.54, 1.807) is 17.8 Å². The second kappa shape index (κ2) is 9.63. The fraction of sp³-hybridized carbons (Fsp3) is 0.533. The van der Waals surface area contributed by atoms with Crippen LogP contribution in [0, 0.1) is 12.7 Å². The van der Waals surface area contributed by atoms with Crippen molar-refractivity contribution in [3.63, 3.8) is 0 Å². The van der Waals surface area contributed by atoms with Crippen LogP contribution < -0.4 is 10.6 Å². The molecule has 3 N–H and O–H groups in total. The van der Waals surface area contributed by atoms with Gasteiger partial charge in [-0.3, -0.25) is 0 Å². The summed E-state index contributed by atoms with van der Waals surface area (Å²) in [5, 5.41) is 14.6. The van der Waals surface area contributed by atoms with E-state index in [0.29, 0.717) is 19.4 Å². The number of benzene rings is 1. The third-order valence-electron chi connectivity index (χ3n) is 3.17. The smallest absolute Gasteiger partial charge is 0.315 e. The quantitative estimate of drug-likeness (QED) is 0.688. The zero-order valence-corrected chi connectivity index (χ0v) is 13.3. The van der Waals surface area contributed by atoms with Gasteiger partial charge in [0.1, 0.15) is 5.82 Å². The van der Waals surface area contributed by atoms with Gasteiger partial charge < -0.3 is 15.7 Å². The number of rotatable bonds is 8. The van der Waals surface area contributed by atoms with Crippen LogP contribution in [0.5, 0.6) is 0 Å². The van der Waals surface area contributed by atoms with E-state index in [-0.39, 0.29) is 24.5 Å². The molecule has 6 heteroatoms. The average Bonchev–Trinajstić information content (AvgIpc) is 2.42. The molecule has 2 amide bonds. The van der Waals surface area contributed by atoms with E-state index >= 15 is 0 Å². The van der Waals surface area contributed by atoms with Crippen LogP contribution in [0.25, 0.3) is 0 Å². The van der Waals surface area contributed by atoms with Gasteiger partial charge in [-0.05, 0) is 49.3 Å². The Bertz CT molecular complexity index is 451. The number of aliphatic hydroxyl groups is 1. The third kappa shape index (κ3) is 6.82. The van der Waals surface area contributed by atoms with Gasteiger partial charge in [0.05, 0.1) is 0 Å². The maximum Gasteiger partial charge on any atom is 0.315 e. The van der Waals surface area contributed by atoms with Crippen LogP contribution in [0.4, 0.5) is 9.18 Å². The van der Waals surface area contributed by atoms with Crippen molar-refractivity contribution in [2.75, 3.05) is 25.2 Å². The van der Waals surface area contributed by atoms with Crippen LogP contribution in [-0.2, 0) is 6.42 Å². The Labute approximate surface area is 129 Å². The lowest BCUT2D eigenvalue weighted by Gasteiger charge is -2.17. The Balaban J connectivity index is 2.35. The summed E-state index contributed by atoms with van der Waals surface area (Å²) in [6.07, 6.45) is 3.17. The summed E-state index contributed by atoms with van der Waals surface area (Å²) >= 11 is 1.63. The van der Waals surface area contributed by atoms with E-state index < -0.39 is 0 Å². The number of hydrogen-bond acceptors (Lipinski definition) is 3. The molecule has 0 aromatic heterocycles. The van der Waals surface area contributed by atoms with Gasteiger partial charge in [-0.1, -0.05) is 6.07 Å². The van der Waals surface area contributed by atoms with Gasteiger partial charge in [0.25, 0.3) is 0 Å². The van der Waals surface area contributed by atoms with Gasteiger partial charge in [0.2, 0.25) is 0 Å². The fourth-order valence-electron chi connectivity index (χ4n) is 2.04. The molecule has 0 heterocycles. The molecule has 118 valence electrons. The standard InChI is InChI=1S/C15H23FN2O2S/c1-11-9-13(16)4-3-12(11)5-7-17-15(20)18-14(6-8-19)10-21-2/h3-4,9,14,19H,5-8,10H2,1-2H3,(H2,17,18,20). The first kappa shape index (κ1) is 17.8. The number of carbonyl (C=O) groups excluding carboxylic acids is 1. The highest BCUT2D eigenvalue weighted by Crippen LogP contribution is 2.10. The molecule has 0 aliphatic rings. The molecule has 0 aliphatic carbocycles. The number of urea groups is 1. The summed E-state index contributed by atoms with van der Waals surface area (Å²) in [6.45, 7) is 2.40. The molecule has 1 rings (SSSR count). The highest BCUT2D eigenvalue weighted by molar-refractivity contribution is 7.98. The maximum atomic E-state index is 13.0. The zero-order valence-electron chi connectivity index (χ0n) is 12.5. The monoisotopic (exact) mass is 314 g/mol. The Hall–Kier alpha value is -1.27. The van der Waals surface area contributed by atoms with Gasteiger partial charge in [-0.15, -0.1) is 0 Å². The molecule has 0 bridgehead atoms. The van der Waals surface area contributed by atoms with Crippen LogP contribution in [0.15, 0.2) is 18.2 Å². The summed E-state index contributed by atoms with van der Waals surface area (Å²) in [7, 11) is 0. The number of aliphatic hydroxyl groups excluding tert-OH is 1. The first-order chi connectivity index (χ1) is 10.1.